The summed E-state index contributed by atoms with van der Waals surface area (Å²) in [5.41, 5.74) is 4.92. The number of imide groups is 1. The zero-order valence-electron chi connectivity index (χ0n) is 19.5. The van der Waals surface area contributed by atoms with Crippen LogP contribution in [0, 0.1) is 0 Å². The van der Waals surface area contributed by atoms with E-state index in [0.717, 1.165) is 32.3 Å². The maximum absolute atomic E-state index is 13.0. The summed E-state index contributed by atoms with van der Waals surface area (Å²) >= 11 is 7.60. The maximum atomic E-state index is 13.0. The van der Waals surface area contributed by atoms with Crippen molar-refractivity contribution in [3.63, 3.8) is 0 Å². The summed E-state index contributed by atoms with van der Waals surface area (Å²) in [5.74, 6) is 0.138. The van der Waals surface area contributed by atoms with Gasteiger partial charge in [0, 0.05) is 35.0 Å². The second-order valence-corrected chi connectivity index (χ2v) is 10.1. The van der Waals surface area contributed by atoms with E-state index in [-0.39, 0.29) is 24.8 Å². The molecule has 6 rings (SSSR count). The summed E-state index contributed by atoms with van der Waals surface area (Å²) in [4.78, 5) is 44.9. The van der Waals surface area contributed by atoms with E-state index in [4.69, 9.17) is 16.6 Å². The Kier molecular flexibility index (Phi) is 6.12. The van der Waals surface area contributed by atoms with E-state index >= 15 is 0 Å². The van der Waals surface area contributed by atoms with Gasteiger partial charge in [0.1, 0.15) is 10.8 Å². The van der Waals surface area contributed by atoms with Gasteiger partial charge in [-0.2, -0.15) is 0 Å². The van der Waals surface area contributed by atoms with E-state index in [9.17, 15) is 9.59 Å². The normalized spacial score (nSPS) is 13.2. The van der Waals surface area contributed by atoms with E-state index in [1.54, 1.807) is 24.7 Å². The smallest absolute Gasteiger partial charge is 0.261 e. The Labute approximate surface area is 221 Å². The van der Waals surface area contributed by atoms with Crippen LogP contribution in [-0.4, -0.2) is 36.7 Å². The predicted molar refractivity (Wildman–Crippen MR) is 142 cm³/mol. The van der Waals surface area contributed by atoms with Gasteiger partial charge in [0.05, 0.1) is 35.4 Å². The minimum Gasteiger partial charge on any atom is -0.340 e. The molecule has 0 saturated heterocycles. The van der Waals surface area contributed by atoms with E-state index in [1.807, 2.05) is 54.6 Å². The quantitative estimate of drug-likeness (QED) is 0.293. The van der Waals surface area contributed by atoms with Crippen LogP contribution in [0.1, 0.15) is 32.9 Å². The first-order valence-electron chi connectivity index (χ1n) is 11.7. The van der Waals surface area contributed by atoms with Gasteiger partial charge in [-0.25, -0.2) is 9.97 Å². The van der Waals surface area contributed by atoms with Crippen LogP contribution in [-0.2, 0) is 24.2 Å². The van der Waals surface area contributed by atoms with Gasteiger partial charge < -0.3 is 4.98 Å². The topological polar surface area (TPSA) is 91.8 Å². The number of halogens is 1. The van der Waals surface area contributed by atoms with Gasteiger partial charge in [-0.15, -0.1) is 11.3 Å². The third kappa shape index (κ3) is 4.69. The molecule has 5 aromatic rings. The van der Waals surface area contributed by atoms with Gasteiger partial charge in [0.2, 0.25) is 5.91 Å². The van der Waals surface area contributed by atoms with Crippen molar-refractivity contribution in [3.05, 3.63) is 112 Å². The molecule has 7 nitrogen and oxygen atoms in total. The number of fused-ring (bicyclic) bond motifs is 1. The molecule has 9 heteroatoms. The second kappa shape index (κ2) is 9.72. The molecule has 0 aliphatic carbocycles. The van der Waals surface area contributed by atoms with Gasteiger partial charge in [0.25, 0.3) is 5.91 Å². The number of aromatic nitrogens is 4. The number of amides is 2. The summed E-state index contributed by atoms with van der Waals surface area (Å²) in [6.07, 6.45) is 5.96. The fourth-order valence-electron chi connectivity index (χ4n) is 4.36. The molecule has 1 aliphatic heterocycles. The van der Waals surface area contributed by atoms with Crippen molar-refractivity contribution in [1.29, 1.82) is 0 Å². The van der Waals surface area contributed by atoms with Crippen LogP contribution < -0.4 is 0 Å². The molecular weight excluding hydrogens is 506 g/mol. The molecule has 1 aliphatic rings. The molecule has 0 bridgehead atoms. The number of nitrogens with zero attached hydrogens (tertiary/aromatic N) is 4. The second-order valence-electron chi connectivity index (χ2n) is 8.71. The lowest BCUT2D eigenvalue weighted by atomic mass is 9.98. The number of pyridine rings is 1. The van der Waals surface area contributed by atoms with E-state index in [1.165, 1.54) is 16.2 Å². The van der Waals surface area contributed by atoms with Crippen LogP contribution >= 0.6 is 22.9 Å². The Morgan fingerprint density at radius 2 is 1.78 bits per heavy atom. The number of thiazole rings is 1. The Hall–Kier alpha value is -4.14. The van der Waals surface area contributed by atoms with Crippen LogP contribution in [0.5, 0.6) is 0 Å². The van der Waals surface area contributed by atoms with Gasteiger partial charge >= 0.3 is 0 Å². The minimum absolute atomic E-state index is 0.127. The number of hydrogen-bond donors (Lipinski definition) is 1. The number of benzene rings is 2. The SMILES string of the molecule is O=C1Cc2ccccc2C(=O)N1Cc1cnc(-c2sc(-c3ccncc3)nc2Cc2ccc(Cl)cc2)[nH]1. The highest BCUT2D eigenvalue weighted by atomic mass is 35.5. The number of carbonyl (C=O) groups is 2. The summed E-state index contributed by atoms with van der Waals surface area (Å²) in [7, 11) is 0. The van der Waals surface area contributed by atoms with Crippen molar-refractivity contribution < 1.29 is 9.59 Å². The summed E-state index contributed by atoms with van der Waals surface area (Å²) < 4.78 is 0. The lowest BCUT2D eigenvalue weighted by Gasteiger charge is -2.26. The number of H-pyrrole nitrogens is 1. The highest BCUT2D eigenvalue weighted by Crippen LogP contribution is 2.35. The Balaban J connectivity index is 1.31. The molecule has 2 aromatic carbocycles. The third-order valence-corrected chi connectivity index (χ3v) is 7.62. The van der Waals surface area contributed by atoms with E-state index in [0.29, 0.717) is 28.5 Å². The number of imidazole rings is 1. The van der Waals surface area contributed by atoms with Crippen molar-refractivity contribution >= 4 is 34.8 Å². The molecule has 0 spiro atoms. The molecule has 1 N–H and O–H groups in total. The molecule has 0 unspecified atom stereocenters. The first-order valence-corrected chi connectivity index (χ1v) is 12.9. The van der Waals surface area contributed by atoms with Crippen molar-refractivity contribution in [2.24, 2.45) is 0 Å². The lowest BCUT2D eigenvalue weighted by molar-refractivity contribution is -0.128. The molecule has 0 radical (unpaired) electrons. The number of aromatic amines is 1. The zero-order chi connectivity index (χ0) is 25.4. The molecule has 0 saturated carbocycles. The van der Waals surface area contributed by atoms with E-state index < -0.39 is 0 Å². The largest absolute Gasteiger partial charge is 0.340 e. The van der Waals surface area contributed by atoms with Gasteiger partial charge in [0.15, 0.2) is 0 Å². The summed E-state index contributed by atoms with van der Waals surface area (Å²) in [5, 5.41) is 1.54. The van der Waals surface area contributed by atoms with Crippen molar-refractivity contribution in [1.82, 2.24) is 24.8 Å². The lowest BCUT2D eigenvalue weighted by Crippen LogP contribution is -2.41. The molecule has 0 atom stereocenters. The highest BCUT2D eigenvalue weighted by molar-refractivity contribution is 7.18. The predicted octanol–water partition coefficient (Wildman–Crippen LogP) is 5.56. The average molecular weight is 526 g/mol. The van der Waals surface area contributed by atoms with Crippen LogP contribution in [0.2, 0.25) is 5.02 Å². The average Bonchev–Trinajstić information content (AvgIpc) is 3.55. The molecule has 0 fully saturated rings. The van der Waals surface area contributed by atoms with Gasteiger partial charge in [-0.3, -0.25) is 19.5 Å². The maximum Gasteiger partial charge on any atom is 0.261 e. The fraction of sp³-hybridized carbons (Fsp3) is 0.107. The zero-order valence-corrected chi connectivity index (χ0v) is 21.1. The Morgan fingerprint density at radius 1 is 1.00 bits per heavy atom. The minimum atomic E-state index is -0.288. The molecule has 3 aromatic heterocycles. The molecule has 2 amide bonds. The van der Waals surface area contributed by atoms with Crippen LogP contribution in [0.3, 0.4) is 0 Å². The van der Waals surface area contributed by atoms with Crippen molar-refractivity contribution in [3.8, 4) is 21.3 Å². The molecular formula is C28H20ClN5O2S. The standard InChI is InChI=1S/C28H20ClN5O2S/c29-20-7-5-17(6-8-20)13-23-25(37-27(33-23)18-9-11-30-12-10-18)26-31-15-21(32-26)16-34-24(35)14-19-3-1-2-4-22(19)28(34)36/h1-12,15H,13-14,16H2,(H,31,32). The van der Waals surface area contributed by atoms with E-state index in [2.05, 4.69) is 15.0 Å². The number of rotatable bonds is 6. The number of nitrogens with one attached hydrogen (secondary N) is 1. The Morgan fingerprint density at radius 3 is 2.59 bits per heavy atom. The molecule has 182 valence electrons. The van der Waals surface area contributed by atoms with Crippen molar-refractivity contribution in [2.45, 2.75) is 19.4 Å². The fourth-order valence-corrected chi connectivity index (χ4v) is 5.52. The Bertz CT molecular complexity index is 1610. The third-order valence-electron chi connectivity index (χ3n) is 6.22. The van der Waals surface area contributed by atoms with Crippen LogP contribution in [0.25, 0.3) is 21.3 Å². The summed E-state index contributed by atoms with van der Waals surface area (Å²) in [6.45, 7) is 0.127. The molecule has 37 heavy (non-hydrogen) atoms. The number of carbonyl (C=O) groups excluding carboxylic acids is 2. The highest BCUT2D eigenvalue weighted by Gasteiger charge is 2.31. The molecule has 4 heterocycles. The van der Waals surface area contributed by atoms with Gasteiger partial charge in [-0.1, -0.05) is 41.9 Å². The van der Waals surface area contributed by atoms with Crippen molar-refractivity contribution in [2.75, 3.05) is 0 Å². The first-order chi connectivity index (χ1) is 18.0. The van der Waals surface area contributed by atoms with Crippen LogP contribution in [0.4, 0.5) is 0 Å². The number of hydrogen-bond acceptors (Lipinski definition) is 6. The van der Waals surface area contributed by atoms with Crippen LogP contribution in [0.15, 0.2) is 79.3 Å². The monoisotopic (exact) mass is 525 g/mol. The summed E-state index contributed by atoms with van der Waals surface area (Å²) in [6, 6.07) is 18.8. The van der Waals surface area contributed by atoms with Gasteiger partial charge in [-0.05, 0) is 41.5 Å². The first kappa shape index (κ1) is 23.3.